The maximum atomic E-state index is 6.01. The zero-order valence-electron chi connectivity index (χ0n) is 12.6. The number of aromatic nitrogens is 1. The van der Waals surface area contributed by atoms with E-state index in [0.29, 0.717) is 5.22 Å². The van der Waals surface area contributed by atoms with Gasteiger partial charge in [-0.3, -0.25) is 0 Å². The van der Waals surface area contributed by atoms with Crippen LogP contribution in [0.3, 0.4) is 0 Å². The van der Waals surface area contributed by atoms with Gasteiger partial charge in [0.15, 0.2) is 0 Å². The van der Waals surface area contributed by atoms with Crippen LogP contribution in [0.5, 0.6) is 0 Å². The van der Waals surface area contributed by atoms with Crippen LogP contribution < -0.4 is 5.73 Å². The molecule has 0 radical (unpaired) electrons. The van der Waals surface area contributed by atoms with E-state index in [4.69, 9.17) is 10.2 Å². The van der Waals surface area contributed by atoms with Gasteiger partial charge in [-0.25, -0.2) is 4.98 Å². The number of aryl methyl sites for hydroxylation is 3. The first kappa shape index (κ1) is 15.1. The highest BCUT2D eigenvalue weighted by molar-refractivity contribution is 7.99. The normalized spacial score (nSPS) is 12.7. The molecule has 20 heavy (non-hydrogen) atoms. The second-order valence-corrected chi connectivity index (χ2v) is 6.19. The lowest BCUT2D eigenvalue weighted by Gasteiger charge is -2.10. The fourth-order valence-corrected chi connectivity index (χ4v) is 2.87. The van der Waals surface area contributed by atoms with Crippen LogP contribution in [0.25, 0.3) is 0 Å². The summed E-state index contributed by atoms with van der Waals surface area (Å²) in [7, 11) is 0. The van der Waals surface area contributed by atoms with Crippen LogP contribution in [0.4, 0.5) is 0 Å². The van der Waals surface area contributed by atoms with Gasteiger partial charge < -0.3 is 10.2 Å². The van der Waals surface area contributed by atoms with Gasteiger partial charge in [0.25, 0.3) is 5.22 Å². The summed E-state index contributed by atoms with van der Waals surface area (Å²) in [5.41, 5.74) is 9.49. The Kier molecular flexibility index (Phi) is 4.89. The lowest BCUT2D eigenvalue weighted by molar-refractivity contribution is 0.431. The fourth-order valence-electron chi connectivity index (χ4n) is 1.98. The molecule has 0 aliphatic carbocycles. The first-order valence-corrected chi connectivity index (χ1v) is 7.78. The molecule has 0 aliphatic rings. The predicted molar refractivity (Wildman–Crippen MR) is 83.2 cm³/mol. The first-order chi connectivity index (χ1) is 9.49. The van der Waals surface area contributed by atoms with Crippen molar-refractivity contribution in [1.82, 2.24) is 4.98 Å². The third-order valence-corrected chi connectivity index (χ3v) is 4.49. The molecule has 1 unspecified atom stereocenters. The van der Waals surface area contributed by atoms with Gasteiger partial charge in [0.05, 0.1) is 5.69 Å². The molecule has 2 aromatic rings. The molecule has 0 amide bonds. The second-order valence-electron chi connectivity index (χ2n) is 5.20. The molecule has 1 aromatic heterocycles. The van der Waals surface area contributed by atoms with E-state index < -0.39 is 0 Å². The van der Waals surface area contributed by atoms with Crippen molar-refractivity contribution < 1.29 is 4.42 Å². The minimum Gasteiger partial charge on any atom is -0.436 e. The molecule has 0 bridgehead atoms. The maximum absolute atomic E-state index is 6.01. The van der Waals surface area contributed by atoms with Crippen molar-refractivity contribution >= 4 is 11.8 Å². The minimum atomic E-state index is 0.241. The zero-order valence-corrected chi connectivity index (χ0v) is 13.4. The van der Waals surface area contributed by atoms with E-state index in [-0.39, 0.29) is 6.04 Å². The van der Waals surface area contributed by atoms with Crippen LogP contribution in [0.15, 0.2) is 32.7 Å². The molecular weight excluding hydrogens is 268 g/mol. The molecule has 108 valence electrons. The minimum absolute atomic E-state index is 0.241. The number of hydrogen-bond donors (Lipinski definition) is 1. The van der Waals surface area contributed by atoms with Crippen molar-refractivity contribution in [2.45, 2.75) is 56.7 Å². The first-order valence-electron chi connectivity index (χ1n) is 6.96. The van der Waals surface area contributed by atoms with Gasteiger partial charge in [0.1, 0.15) is 5.76 Å². The van der Waals surface area contributed by atoms with Crippen LogP contribution in [0.2, 0.25) is 0 Å². The Morgan fingerprint density at radius 2 is 2.05 bits per heavy atom. The van der Waals surface area contributed by atoms with Gasteiger partial charge >= 0.3 is 0 Å². The standard InChI is InChI=1S/C16H22N2OS/c1-5-14(17)9-13-6-7-15(10(2)8-13)20-16-18-11(3)12(4)19-16/h6-8,14H,5,9,17H2,1-4H3. The van der Waals surface area contributed by atoms with Gasteiger partial charge in [-0.2, -0.15) is 0 Å². The van der Waals surface area contributed by atoms with Crippen LogP contribution in [0.1, 0.15) is 35.9 Å². The number of benzene rings is 1. The van der Waals surface area contributed by atoms with Crippen LogP contribution in [-0.2, 0) is 6.42 Å². The lowest BCUT2D eigenvalue weighted by atomic mass is 10.0. The van der Waals surface area contributed by atoms with Crippen LogP contribution >= 0.6 is 11.8 Å². The lowest BCUT2D eigenvalue weighted by Crippen LogP contribution is -2.21. The van der Waals surface area contributed by atoms with E-state index in [1.165, 1.54) is 16.0 Å². The number of nitrogens with zero attached hydrogens (tertiary/aromatic N) is 1. The van der Waals surface area contributed by atoms with Crippen molar-refractivity contribution in [2.75, 3.05) is 0 Å². The molecule has 1 atom stereocenters. The third kappa shape index (κ3) is 3.64. The number of nitrogens with two attached hydrogens (primary N) is 1. The van der Waals surface area contributed by atoms with E-state index in [1.807, 2.05) is 13.8 Å². The predicted octanol–water partition coefficient (Wildman–Crippen LogP) is 4.03. The highest BCUT2D eigenvalue weighted by Gasteiger charge is 2.10. The van der Waals surface area contributed by atoms with Crippen molar-refractivity contribution in [3.63, 3.8) is 0 Å². The summed E-state index contributed by atoms with van der Waals surface area (Å²) in [5, 5.41) is 0.709. The summed E-state index contributed by atoms with van der Waals surface area (Å²) in [6.07, 6.45) is 1.93. The van der Waals surface area contributed by atoms with Crippen molar-refractivity contribution in [1.29, 1.82) is 0 Å². The monoisotopic (exact) mass is 290 g/mol. The summed E-state index contributed by atoms with van der Waals surface area (Å²) < 4.78 is 5.62. The Morgan fingerprint density at radius 1 is 1.30 bits per heavy atom. The SMILES string of the molecule is CCC(N)Cc1ccc(Sc2nc(C)c(C)o2)c(C)c1. The van der Waals surface area contributed by atoms with Gasteiger partial charge in [0.2, 0.25) is 0 Å². The average molecular weight is 290 g/mol. The summed E-state index contributed by atoms with van der Waals surface area (Å²) in [6, 6.07) is 6.73. The summed E-state index contributed by atoms with van der Waals surface area (Å²) in [6.45, 7) is 8.14. The van der Waals surface area contributed by atoms with Gasteiger partial charge in [-0.15, -0.1) is 0 Å². The van der Waals surface area contributed by atoms with Gasteiger partial charge in [0, 0.05) is 10.9 Å². The van der Waals surface area contributed by atoms with Crippen LogP contribution in [-0.4, -0.2) is 11.0 Å². The maximum Gasteiger partial charge on any atom is 0.261 e. The summed E-state index contributed by atoms with van der Waals surface area (Å²) >= 11 is 1.57. The van der Waals surface area contributed by atoms with Crippen molar-refractivity contribution in [3.05, 3.63) is 40.8 Å². The molecule has 4 heteroatoms. The zero-order chi connectivity index (χ0) is 14.7. The van der Waals surface area contributed by atoms with Crippen molar-refractivity contribution in [3.8, 4) is 0 Å². The molecule has 2 N–H and O–H groups in total. The molecule has 0 saturated carbocycles. The third-order valence-electron chi connectivity index (χ3n) is 3.47. The Morgan fingerprint density at radius 3 is 2.60 bits per heavy atom. The molecule has 0 fully saturated rings. The van der Waals surface area contributed by atoms with E-state index in [9.17, 15) is 0 Å². The number of oxazole rings is 1. The number of rotatable bonds is 5. The molecule has 0 aliphatic heterocycles. The van der Waals surface area contributed by atoms with E-state index >= 15 is 0 Å². The van der Waals surface area contributed by atoms with E-state index in [0.717, 1.165) is 24.3 Å². The summed E-state index contributed by atoms with van der Waals surface area (Å²) in [5.74, 6) is 0.885. The fraction of sp³-hybridized carbons (Fsp3) is 0.438. The quantitative estimate of drug-likeness (QED) is 0.903. The molecular formula is C16H22N2OS. The van der Waals surface area contributed by atoms with Crippen molar-refractivity contribution in [2.24, 2.45) is 5.73 Å². The highest BCUT2D eigenvalue weighted by Crippen LogP contribution is 2.31. The Labute approximate surface area is 125 Å². The van der Waals surface area contributed by atoms with Crippen LogP contribution in [0, 0.1) is 20.8 Å². The topological polar surface area (TPSA) is 52.0 Å². The molecule has 0 saturated heterocycles. The second kappa shape index (κ2) is 6.46. The van der Waals surface area contributed by atoms with E-state index in [2.05, 4.69) is 37.0 Å². The molecule has 0 spiro atoms. The molecule has 1 aromatic carbocycles. The smallest absolute Gasteiger partial charge is 0.261 e. The van der Waals surface area contributed by atoms with Gasteiger partial charge in [-0.05, 0) is 62.6 Å². The Bertz CT molecular complexity index is 573. The van der Waals surface area contributed by atoms with Gasteiger partial charge in [-0.1, -0.05) is 19.1 Å². The Balaban J connectivity index is 2.13. The molecule has 1 heterocycles. The molecule has 2 rings (SSSR count). The largest absolute Gasteiger partial charge is 0.436 e. The average Bonchev–Trinajstić information content (AvgIpc) is 2.71. The molecule has 3 nitrogen and oxygen atoms in total. The number of hydrogen-bond acceptors (Lipinski definition) is 4. The summed E-state index contributed by atoms with van der Waals surface area (Å²) in [4.78, 5) is 5.59. The highest BCUT2D eigenvalue weighted by atomic mass is 32.2. The Hall–Kier alpha value is -1.26. The van der Waals surface area contributed by atoms with E-state index in [1.54, 1.807) is 11.8 Å².